The first-order valence-corrected chi connectivity index (χ1v) is 12.2. The van der Waals surface area contributed by atoms with E-state index in [-0.39, 0.29) is 11.8 Å². The molecule has 13 heteroatoms. The summed E-state index contributed by atoms with van der Waals surface area (Å²) in [5.74, 6) is 0.192. The lowest BCUT2D eigenvalue weighted by Crippen LogP contribution is -2.39. The number of anilines is 1. The molecule has 0 saturated carbocycles. The molecule has 5 N–H and O–H groups in total. The molecule has 32 heavy (non-hydrogen) atoms. The van der Waals surface area contributed by atoms with Gasteiger partial charge in [-0.3, -0.25) is 9.09 Å². The molecule has 5 heterocycles. The molecule has 3 aliphatic rings. The highest BCUT2D eigenvalue weighted by Gasteiger charge is 2.84. The Morgan fingerprint density at radius 1 is 1.28 bits per heavy atom. The van der Waals surface area contributed by atoms with E-state index in [0.717, 1.165) is 5.29 Å². The number of hydrogen-bond donors (Lipinski definition) is 4. The summed E-state index contributed by atoms with van der Waals surface area (Å²) in [5.41, 5.74) is 4.61. The zero-order valence-electron chi connectivity index (χ0n) is 18.3. The minimum Gasteiger partial charge on any atom is -0.479 e. The second-order valence-corrected chi connectivity index (χ2v) is 11.2. The minimum atomic E-state index is -2.35. The van der Waals surface area contributed by atoms with E-state index < -0.39 is 43.0 Å². The molecule has 3 unspecified atom stereocenters. The van der Waals surface area contributed by atoms with E-state index in [1.807, 2.05) is 20.8 Å². The van der Waals surface area contributed by atoms with Crippen LogP contribution in [0.3, 0.4) is 0 Å². The average molecular weight is 469 g/mol. The van der Waals surface area contributed by atoms with Gasteiger partial charge in [-0.2, -0.15) is 9.97 Å². The summed E-state index contributed by atoms with van der Waals surface area (Å²) >= 11 is 0. The van der Waals surface area contributed by atoms with Crippen LogP contribution in [0, 0.1) is 0 Å². The Morgan fingerprint density at radius 3 is 2.53 bits per heavy atom. The Kier molecular flexibility index (Phi) is 4.89. The normalized spacial score (nSPS) is 35.9. The van der Waals surface area contributed by atoms with Crippen molar-refractivity contribution < 1.29 is 33.8 Å². The highest BCUT2D eigenvalue weighted by molar-refractivity contribution is 7.86. The number of nitrogens with two attached hydrogens (primary N) is 1. The van der Waals surface area contributed by atoms with Gasteiger partial charge in [0, 0.05) is 11.7 Å². The topological polar surface area (TPSA) is 171 Å². The number of ether oxygens (including phenoxy) is 2. The Labute approximate surface area is 184 Å². The number of aliphatic hydroxyl groups is 3. The third-order valence-electron chi connectivity index (χ3n) is 6.88. The second kappa shape index (κ2) is 7.10. The maximum atomic E-state index is 10.8. The fourth-order valence-corrected chi connectivity index (χ4v) is 7.49. The molecule has 2 aromatic heterocycles. The summed E-state index contributed by atoms with van der Waals surface area (Å²) in [6.07, 6.45) is -1.06. The van der Waals surface area contributed by atoms with Crippen LogP contribution in [-0.2, 0) is 13.8 Å². The monoisotopic (exact) mass is 469 g/mol. The zero-order valence-corrected chi connectivity index (χ0v) is 19.2. The van der Waals surface area contributed by atoms with Crippen LogP contribution in [-0.4, -0.2) is 76.7 Å². The van der Waals surface area contributed by atoms with E-state index in [2.05, 4.69) is 15.0 Å². The van der Waals surface area contributed by atoms with Gasteiger partial charge in [-0.25, -0.2) is 4.98 Å². The number of aliphatic hydroxyl groups excluding tert-OH is 2. The molecule has 176 valence electrons. The average Bonchev–Trinajstić information content (AvgIpc) is 3.31. The minimum absolute atomic E-state index is 0.0127. The molecule has 0 amide bonds. The maximum absolute atomic E-state index is 10.8. The van der Waals surface area contributed by atoms with Crippen LogP contribution in [0.25, 0.3) is 11.2 Å². The van der Waals surface area contributed by atoms with Gasteiger partial charge in [-0.05, 0) is 19.8 Å². The smallest absolute Gasteiger partial charge is 0.266 e. The highest BCUT2D eigenvalue weighted by Crippen LogP contribution is 2.94. The quantitative estimate of drug-likeness (QED) is 0.317. The molecule has 3 aliphatic heterocycles. The van der Waals surface area contributed by atoms with Gasteiger partial charge in [0.1, 0.15) is 12.2 Å². The lowest BCUT2D eigenvalue weighted by molar-refractivity contribution is -0.0669. The van der Waals surface area contributed by atoms with Crippen LogP contribution in [0.4, 0.5) is 5.95 Å². The van der Waals surface area contributed by atoms with Crippen molar-refractivity contribution in [3.63, 3.8) is 0 Å². The van der Waals surface area contributed by atoms with E-state index in [1.165, 1.54) is 18.0 Å². The molecular formula is C19H28N5O7P. The number of hydrogen-bond acceptors (Lipinski definition) is 11. The lowest BCUT2D eigenvalue weighted by atomic mass is 9.88. The first kappa shape index (κ1) is 22.0. The zero-order chi connectivity index (χ0) is 23.1. The number of nitrogen functional groups attached to an aromatic ring is 1. The van der Waals surface area contributed by atoms with Crippen LogP contribution >= 0.6 is 7.34 Å². The van der Waals surface area contributed by atoms with Crippen molar-refractivity contribution in [2.24, 2.45) is 0 Å². The molecule has 2 saturated heterocycles. The number of aromatic nitrogens is 4. The Balaban J connectivity index is 1.41. The molecule has 0 aliphatic carbocycles. The molecule has 12 nitrogen and oxygen atoms in total. The van der Waals surface area contributed by atoms with Crippen molar-refractivity contribution in [1.82, 2.24) is 19.5 Å². The van der Waals surface area contributed by atoms with Crippen molar-refractivity contribution in [2.45, 2.75) is 75.7 Å². The third kappa shape index (κ3) is 2.88. The van der Waals surface area contributed by atoms with Gasteiger partial charge in [0.15, 0.2) is 24.7 Å². The van der Waals surface area contributed by atoms with E-state index in [0.29, 0.717) is 30.4 Å². The summed E-state index contributed by atoms with van der Waals surface area (Å²) in [7, 11) is -0.900. The predicted octanol–water partition coefficient (Wildman–Crippen LogP) is 0.732. The van der Waals surface area contributed by atoms with Crippen LogP contribution in [0.2, 0.25) is 0 Å². The number of fused-ring (bicyclic) bond motifs is 2. The van der Waals surface area contributed by atoms with Gasteiger partial charge in [0.05, 0.1) is 25.1 Å². The fourth-order valence-electron chi connectivity index (χ4n) is 4.52. The van der Waals surface area contributed by atoms with Crippen LogP contribution in [0.15, 0.2) is 6.33 Å². The Bertz CT molecular complexity index is 1130. The van der Waals surface area contributed by atoms with E-state index in [9.17, 15) is 15.3 Å². The fraction of sp³-hybridized carbons (Fsp3) is 0.684. The molecule has 5 rings (SSSR count). The molecule has 2 aromatic rings. The summed E-state index contributed by atoms with van der Waals surface area (Å²) in [6.45, 7) is 5.79. The number of rotatable bonds is 8. The maximum Gasteiger partial charge on any atom is 0.266 e. The molecule has 0 aromatic carbocycles. The number of imidazole rings is 1. The molecule has 0 bridgehead atoms. The Hall–Kier alpha value is -1.79. The standard InChI is InChI=1S/C19H28N5O7P/c1-5-18(6-2,30-32-9(3)19(32,27)31-32)7-10-12(25)13(26)16(29-10)24-8-21-11-14(24)22-17(20)23-15(11)28-4/h8,10,12-13,16,25-27H,5-7H2,1-4H3,(H2,20,22,23)/t10?,12-,13-,16-,19?,32?/m1/s1. The molecular weight excluding hydrogens is 441 g/mol. The van der Waals surface area contributed by atoms with Crippen LogP contribution in [0.5, 0.6) is 5.88 Å². The lowest BCUT2D eigenvalue weighted by Gasteiger charge is -2.34. The molecule has 0 spiro atoms. The first-order valence-electron chi connectivity index (χ1n) is 10.6. The number of methoxy groups -OCH3 is 1. The van der Waals surface area contributed by atoms with Gasteiger partial charge in [-0.1, -0.05) is 13.8 Å². The van der Waals surface area contributed by atoms with Crippen LogP contribution < -0.4 is 10.5 Å². The molecule has 2 fully saturated rings. The van der Waals surface area contributed by atoms with Gasteiger partial charge < -0.3 is 35.1 Å². The van der Waals surface area contributed by atoms with Gasteiger partial charge in [0.25, 0.3) is 5.53 Å². The summed E-state index contributed by atoms with van der Waals surface area (Å²) in [4.78, 5) is 12.5. The summed E-state index contributed by atoms with van der Waals surface area (Å²) in [6, 6.07) is 0. The van der Waals surface area contributed by atoms with Gasteiger partial charge in [-0.15, -0.1) is 0 Å². The largest absolute Gasteiger partial charge is 0.479 e. The second-order valence-electron chi connectivity index (χ2n) is 8.48. The first-order chi connectivity index (χ1) is 15.1. The predicted molar refractivity (Wildman–Crippen MR) is 115 cm³/mol. The third-order valence-corrected chi connectivity index (χ3v) is 10.1. The van der Waals surface area contributed by atoms with Crippen LogP contribution in [0.1, 0.15) is 46.3 Å². The van der Waals surface area contributed by atoms with Crippen molar-refractivity contribution >= 4 is 29.7 Å². The van der Waals surface area contributed by atoms with Gasteiger partial charge >= 0.3 is 0 Å². The number of nitrogens with zero attached hydrogens (tertiary/aromatic N) is 4. The summed E-state index contributed by atoms with van der Waals surface area (Å²) < 4.78 is 24.6. The molecule has 0 radical (unpaired) electrons. The van der Waals surface area contributed by atoms with Crippen molar-refractivity contribution in [3.8, 4) is 5.88 Å². The SMILES string of the molecule is CCC(CC)(CC1O[C@@H](n2cnc3c(OC)nc(N)nc32)[C@H](O)[C@@H]1O)OP12=C(C)C1(O)O2. The Morgan fingerprint density at radius 2 is 1.97 bits per heavy atom. The molecule has 6 atom stereocenters. The van der Waals surface area contributed by atoms with Crippen molar-refractivity contribution in [1.29, 1.82) is 0 Å². The van der Waals surface area contributed by atoms with Crippen molar-refractivity contribution in [2.75, 3.05) is 12.8 Å². The van der Waals surface area contributed by atoms with Gasteiger partial charge in [0.2, 0.25) is 11.8 Å². The van der Waals surface area contributed by atoms with E-state index >= 15 is 0 Å². The summed E-state index contributed by atoms with van der Waals surface area (Å²) in [5, 5.41) is 32.7. The van der Waals surface area contributed by atoms with Crippen molar-refractivity contribution in [3.05, 3.63) is 6.33 Å². The van der Waals surface area contributed by atoms with E-state index in [4.69, 9.17) is 24.3 Å². The van der Waals surface area contributed by atoms with E-state index in [1.54, 1.807) is 0 Å². The highest BCUT2D eigenvalue weighted by atomic mass is 31.2.